The summed E-state index contributed by atoms with van der Waals surface area (Å²) in [5.41, 5.74) is 15.1. The minimum absolute atomic E-state index is 0.141. The molecule has 0 aliphatic heterocycles. The van der Waals surface area contributed by atoms with Crippen LogP contribution in [0.3, 0.4) is 0 Å². The molecular formula is C25H24N6O2. The highest BCUT2D eigenvalue weighted by Gasteiger charge is 2.08. The molecule has 0 aliphatic carbocycles. The van der Waals surface area contributed by atoms with Crippen LogP contribution in [0.1, 0.15) is 35.8 Å². The van der Waals surface area contributed by atoms with Gasteiger partial charge in [-0.05, 0) is 41.8 Å². The van der Waals surface area contributed by atoms with Gasteiger partial charge in [0, 0.05) is 29.6 Å². The minimum Gasteiger partial charge on any atom is -0.457 e. The molecule has 0 saturated heterocycles. The third-order valence-corrected chi connectivity index (χ3v) is 4.96. The second-order valence-corrected chi connectivity index (χ2v) is 7.77. The van der Waals surface area contributed by atoms with Crippen molar-refractivity contribution in [2.45, 2.75) is 19.8 Å². The first-order chi connectivity index (χ1) is 15.9. The van der Waals surface area contributed by atoms with Gasteiger partial charge in [-0.2, -0.15) is 4.98 Å². The maximum atomic E-state index is 11.3. The van der Waals surface area contributed by atoms with Gasteiger partial charge >= 0.3 is 0 Å². The Morgan fingerprint density at radius 3 is 2.33 bits per heavy atom. The standard InChI is InChI=1S/C25H24N6O2/c1-15(2)16-3-5-17(6-4-16)21-14-23(31-25(27)30-21)29-18-7-9-19(10-8-18)33-20-11-12-28-22(13-20)24(26)32/h3-15H,1-2H3,(H2,26,32)(H3,27,29,30,31). The number of ether oxygens (including phenoxy) is 1. The summed E-state index contributed by atoms with van der Waals surface area (Å²) in [6, 6.07) is 20.6. The lowest BCUT2D eigenvalue weighted by molar-refractivity contribution is 0.0995. The maximum absolute atomic E-state index is 11.3. The second kappa shape index (κ2) is 9.35. The Balaban J connectivity index is 1.49. The fourth-order valence-electron chi connectivity index (χ4n) is 3.22. The Kier molecular flexibility index (Phi) is 6.17. The maximum Gasteiger partial charge on any atom is 0.267 e. The van der Waals surface area contributed by atoms with Crippen LogP contribution in [0, 0.1) is 0 Å². The second-order valence-electron chi connectivity index (χ2n) is 7.77. The van der Waals surface area contributed by atoms with Gasteiger partial charge in [0.2, 0.25) is 5.95 Å². The third-order valence-electron chi connectivity index (χ3n) is 4.96. The zero-order valence-corrected chi connectivity index (χ0v) is 18.3. The summed E-state index contributed by atoms with van der Waals surface area (Å²) in [5.74, 6) is 1.68. The molecule has 2 aromatic heterocycles. The third kappa shape index (κ3) is 5.43. The first-order valence-electron chi connectivity index (χ1n) is 10.4. The molecule has 166 valence electrons. The molecule has 5 N–H and O–H groups in total. The molecule has 8 heteroatoms. The Hall–Kier alpha value is -4.46. The average Bonchev–Trinajstić information content (AvgIpc) is 2.80. The van der Waals surface area contributed by atoms with E-state index in [-0.39, 0.29) is 11.6 Å². The van der Waals surface area contributed by atoms with Crippen molar-refractivity contribution in [3.05, 3.63) is 84.2 Å². The zero-order valence-electron chi connectivity index (χ0n) is 18.3. The van der Waals surface area contributed by atoms with Crippen LogP contribution >= 0.6 is 0 Å². The van der Waals surface area contributed by atoms with Gasteiger partial charge in [-0.1, -0.05) is 38.1 Å². The van der Waals surface area contributed by atoms with Crippen LogP contribution in [0.5, 0.6) is 11.5 Å². The topological polar surface area (TPSA) is 129 Å². The zero-order chi connectivity index (χ0) is 23.4. The Labute approximate surface area is 191 Å². The van der Waals surface area contributed by atoms with Gasteiger partial charge in [-0.3, -0.25) is 9.78 Å². The predicted molar refractivity (Wildman–Crippen MR) is 129 cm³/mol. The molecule has 0 aliphatic rings. The molecule has 2 heterocycles. The van der Waals surface area contributed by atoms with E-state index < -0.39 is 5.91 Å². The van der Waals surface area contributed by atoms with E-state index >= 15 is 0 Å². The Morgan fingerprint density at radius 2 is 1.67 bits per heavy atom. The van der Waals surface area contributed by atoms with E-state index in [1.165, 1.54) is 17.8 Å². The number of carbonyl (C=O) groups is 1. The fourth-order valence-corrected chi connectivity index (χ4v) is 3.22. The summed E-state index contributed by atoms with van der Waals surface area (Å²) in [7, 11) is 0. The van der Waals surface area contributed by atoms with Crippen molar-refractivity contribution in [1.82, 2.24) is 15.0 Å². The molecule has 4 rings (SSSR count). The number of pyridine rings is 1. The van der Waals surface area contributed by atoms with E-state index in [1.807, 2.05) is 30.3 Å². The SMILES string of the molecule is CC(C)c1ccc(-c2cc(Nc3ccc(Oc4ccnc(C(N)=O)c4)cc3)nc(N)n2)cc1. The van der Waals surface area contributed by atoms with Crippen LogP contribution in [0.4, 0.5) is 17.5 Å². The molecule has 0 bridgehead atoms. The van der Waals surface area contributed by atoms with Crippen LogP contribution in [-0.2, 0) is 0 Å². The summed E-state index contributed by atoms with van der Waals surface area (Å²) in [6.45, 7) is 4.32. The van der Waals surface area contributed by atoms with Crippen molar-refractivity contribution in [3.63, 3.8) is 0 Å². The Morgan fingerprint density at radius 1 is 0.939 bits per heavy atom. The van der Waals surface area contributed by atoms with Crippen molar-refractivity contribution in [3.8, 4) is 22.8 Å². The number of rotatable bonds is 7. The molecule has 2 aromatic carbocycles. The van der Waals surface area contributed by atoms with Crippen molar-refractivity contribution in [2.24, 2.45) is 5.73 Å². The van der Waals surface area contributed by atoms with E-state index in [0.29, 0.717) is 23.2 Å². The van der Waals surface area contributed by atoms with E-state index in [2.05, 4.69) is 46.2 Å². The molecule has 0 atom stereocenters. The lowest BCUT2D eigenvalue weighted by Crippen LogP contribution is -2.12. The quantitative estimate of drug-likeness (QED) is 0.373. The summed E-state index contributed by atoms with van der Waals surface area (Å²) in [5, 5.41) is 3.24. The van der Waals surface area contributed by atoms with Gasteiger partial charge in [-0.25, -0.2) is 4.98 Å². The summed E-state index contributed by atoms with van der Waals surface area (Å²) >= 11 is 0. The highest BCUT2D eigenvalue weighted by Crippen LogP contribution is 2.27. The minimum atomic E-state index is -0.612. The molecule has 4 aromatic rings. The molecule has 0 unspecified atom stereocenters. The number of nitrogens with zero attached hydrogens (tertiary/aromatic N) is 3. The number of anilines is 3. The van der Waals surface area contributed by atoms with Crippen LogP contribution in [-0.4, -0.2) is 20.9 Å². The lowest BCUT2D eigenvalue weighted by Gasteiger charge is -2.11. The van der Waals surface area contributed by atoms with Gasteiger partial charge in [0.15, 0.2) is 0 Å². The van der Waals surface area contributed by atoms with Gasteiger partial charge in [0.25, 0.3) is 5.91 Å². The van der Waals surface area contributed by atoms with Gasteiger partial charge < -0.3 is 21.5 Å². The fraction of sp³-hybridized carbons (Fsp3) is 0.120. The van der Waals surface area contributed by atoms with Gasteiger partial charge in [0.05, 0.1) is 5.69 Å². The number of nitrogen functional groups attached to an aromatic ring is 1. The number of aromatic nitrogens is 3. The highest BCUT2D eigenvalue weighted by molar-refractivity contribution is 5.91. The van der Waals surface area contributed by atoms with Crippen molar-refractivity contribution < 1.29 is 9.53 Å². The average molecular weight is 441 g/mol. The lowest BCUT2D eigenvalue weighted by atomic mass is 10.0. The highest BCUT2D eigenvalue weighted by atomic mass is 16.5. The van der Waals surface area contributed by atoms with Crippen molar-refractivity contribution in [2.75, 3.05) is 11.1 Å². The first kappa shape index (κ1) is 21.8. The van der Waals surface area contributed by atoms with E-state index in [0.717, 1.165) is 16.9 Å². The molecule has 0 saturated carbocycles. The predicted octanol–water partition coefficient (Wildman–Crippen LogP) is 4.88. The number of hydrogen-bond acceptors (Lipinski definition) is 7. The van der Waals surface area contributed by atoms with Crippen LogP contribution in [0.2, 0.25) is 0 Å². The van der Waals surface area contributed by atoms with Gasteiger partial charge in [0.1, 0.15) is 23.0 Å². The summed E-state index contributed by atoms with van der Waals surface area (Å²) in [6.07, 6.45) is 1.47. The number of primary amides is 1. The van der Waals surface area contributed by atoms with E-state index in [1.54, 1.807) is 18.2 Å². The molecule has 1 amide bonds. The molecule has 8 nitrogen and oxygen atoms in total. The molecule has 0 fully saturated rings. The van der Waals surface area contributed by atoms with E-state index in [9.17, 15) is 4.79 Å². The van der Waals surface area contributed by atoms with Crippen LogP contribution < -0.4 is 21.5 Å². The first-order valence-corrected chi connectivity index (χ1v) is 10.4. The number of amides is 1. The molecular weight excluding hydrogens is 416 g/mol. The van der Waals surface area contributed by atoms with Gasteiger partial charge in [-0.15, -0.1) is 0 Å². The van der Waals surface area contributed by atoms with Crippen LogP contribution in [0.15, 0.2) is 72.9 Å². The Bertz CT molecular complexity index is 1270. The number of hydrogen-bond donors (Lipinski definition) is 3. The number of nitrogens with two attached hydrogens (primary N) is 2. The largest absolute Gasteiger partial charge is 0.457 e. The molecule has 0 spiro atoms. The summed E-state index contributed by atoms with van der Waals surface area (Å²) in [4.78, 5) is 23.8. The van der Waals surface area contributed by atoms with Crippen LogP contribution in [0.25, 0.3) is 11.3 Å². The number of nitrogens with one attached hydrogen (secondary N) is 1. The number of carbonyl (C=O) groups excluding carboxylic acids is 1. The van der Waals surface area contributed by atoms with E-state index in [4.69, 9.17) is 16.2 Å². The summed E-state index contributed by atoms with van der Waals surface area (Å²) < 4.78 is 5.78. The smallest absolute Gasteiger partial charge is 0.267 e. The normalized spacial score (nSPS) is 10.8. The molecule has 0 radical (unpaired) electrons. The monoisotopic (exact) mass is 440 g/mol. The number of benzene rings is 2. The van der Waals surface area contributed by atoms with Crippen molar-refractivity contribution in [1.29, 1.82) is 0 Å². The van der Waals surface area contributed by atoms with Crippen molar-refractivity contribution >= 4 is 23.4 Å². The molecule has 33 heavy (non-hydrogen) atoms.